The molecule has 2 N–H and O–H groups in total. The van der Waals surface area contributed by atoms with E-state index in [1.807, 2.05) is 0 Å². The van der Waals surface area contributed by atoms with Crippen molar-refractivity contribution in [1.29, 1.82) is 0 Å². The lowest BCUT2D eigenvalue weighted by molar-refractivity contribution is -0.0372. The molecule has 3 heteroatoms. The van der Waals surface area contributed by atoms with Gasteiger partial charge in [-0.15, -0.1) is 0 Å². The molecule has 3 nitrogen and oxygen atoms in total. The lowest BCUT2D eigenvalue weighted by Gasteiger charge is -2.43. The fraction of sp³-hybridized carbons (Fsp3) is 1.00. The van der Waals surface area contributed by atoms with E-state index in [9.17, 15) is 5.11 Å². The fourth-order valence-electron chi connectivity index (χ4n) is 3.83. The summed E-state index contributed by atoms with van der Waals surface area (Å²) in [5.41, 5.74) is -0.386. The van der Waals surface area contributed by atoms with Gasteiger partial charge in [0.2, 0.25) is 0 Å². The number of aliphatic hydroxyl groups is 1. The highest BCUT2D eigenvalue weighted by atomic mass is 16.3. The lowest BCUT2D eigenvalue weighted by Crippen LogP contribution is -2.53. The van der Waals surface area contributed by atoms with E-state index < -0.39 is 0 Å². The summed E-state index contributed by atoms with van der Waals surface area (Å²) < 4.78 is 0. The average molecular weight is 254 g/mol. The van der Waals surface area contributed by atoms with Gasteiger partial charge in [0, 0.05) is 19.1 Å². The molecule has 18 heavy (non-hydrogen) atoms. The summed E-state index contributed by atoms with van der Waals surface area (Å²) in [5.74, 6) is 0.746. The molecule has 1 aliphatic carbocycles. The third-order valence-electron chi connectivity index (χ3n) is 5.02. The number of hydrogen-bond donors (Lipinski definition) is 2. The molecule has 1 aliphatic heterocycles. The van der Waals surface area contributed by atoms with E-state index in [0.29, 0.717) is 6.04 Å². The van der Waals surface area contributed by atoms with E-state index in [4.69, 9.17) is 0 Å². The van der Waals surface area contributed by atoms with E-state index in [0.717, 1.165) is 38.4 Å². The number of piperidine rings is 1. The van der Waals surface area contributed by atoms with Crippen LogP contribution in [0.3, 0.4) is 0 Å². The molecular weight excluding hydrogens is 224 g/mol. The molecule has 2 rings (SSSR count). The van der Waals surface area contributed by atoms with Crippen molar-refractivity contribution in [2.75, 3.05) is 26.7 Å². The van der Waals surface area contributed by atoms with Crippen LogP contribution >= 0.6 is 0 Å². The fourth-order valence-corrected chi connectivity index (χ4v) is 3.83. The van der Waals surface area contributed by atoms with Crippen LogP contribution in [-0.2, 0) is 0 Å². The van der Waals surface area contributed by atoms with Gasteiger partial charge in [-0.1, -0.05) is 32.6 Å². The minimum Gasteiger partial charge on any atom is -0.389 e. The third kappa shape index (κ3) is 3.46. The van der Waals surface area contributed by atoms with Crippen molar-refractivity contribution in [3.8, 4) is 0 Å². The third-order valence-corrected chi connectivity index (χ3v) is 5.02. The molecule has 1 saturated heterocycles. The summed E-state index contributed by atoms with van der Waals surface area (Å²) in [6.07, 6.45) is 8.21. The van der Waals surface area contributed by atoms with Crippen LogP contribution in [0.25, 0.3) is 0 Å². The van der Waals surface area contributed by atoms with Gasteiger partial charge in [-0.05, 0) is 38.8 Å². The Hall–Kier alpha value is -0.120. The Morgan fingerprint density at radius 2 is 2.00 bits per heavy atom. The summed E-state index contributed by atoms with van der Waals surface area (Å²) in [5, 5.41) is 14.1. The Bertz CT molecular complexity index is 251. The van der Waals surface area contributed by atoms with Gasteiger partial charge < -0.3 is 15.3 Å². The lowest BCUT2D eigenvalue weighted by atomic mass is 9.83. The quantitative estimate of drug-likeness (QED) is 0.805. The van der Waals surface area contributed by atoms with E-state index in [1.54, 1.807) is 0 Å². The molecule has 2 atom stereocenters. The van der Waals surface area contributed by atoms with E-state index in [-0.39, 0.29) is 5.60 Å². The standard InChI is InChI=1S/C15H30N2O/c1-3-13-11-17(10-7-14(13)16-2)12-15(18)8-5-4-6-9-15/h13-14,16,18H,3-12H2,1-2H3. The summed E-state index contributed by atoms with van der Waals surface area (Å²) in [6, 6.07) is 0.673. The number of nitrogens with zero attached hydrogens (tertiary/aromatic N) is 1. The van der Waals surface area contributed by atoms with Crippen LogP contribution in [0.2, 0.25) is 0 Å². The predicted octanol–water partition coefficient (Wildman–Crippen LogP) is 2.00. The molecule has 1 heterocycles. The number of hydrogen-bond acceptors (Lipinski definition) is 3. The maximum Gasteiger partial charge on any atom is 0.0774 e. The van der Waals surface area contributed by atoms with Crippen LogP contribution in [0.4, 0.5) is 0 Å². The highest BCUT2D eigenvalue weighted by molar-refractivity contribution is 4.90. The zero-order chi connectivity index (χ0) is 13.0. The van der Waals surface area contributed by atoms with Crippen LogP contribution in [0.15, 0.2) is 0 Å². The van der Waals surface area contributed by atoms with E-state index in [2.05, 4.69) is 24.2 Å². The smallest absolute Gasteiger partial charge is 0.0774 e. The van der Waals surface area contributed by atoms with Gasteiger partial charge in [0.25, 0.3) is 0 Å². The second-order valence-corrected chi connectivity index (χ2v) is 6.37. The van der Waals surface area contributed by atoms with Gasteiger partial charge in [-0.2, -0.15) is 0 Å². The summed E-state index contributed by atoms with van der Waals surface area (Å²) in [6.45, 7) is 5.49. The Morgan fingerprint density at radius 1 is 1.28 bits per heavy atom. The summed E-state index contributed by atoms with van der Waals surface area (Å²) >= 11 is 0. The molecule has 2 fully saturated rings. The number of rotatable bonds is 4. The van der Waals surface area contributed by atoms with Crippen molar-refractivity contribution in [1.82, 2.24) is 10.2 Å². The van der Waals surface area contributed by atoms with Crippen molar-refractivity contribution in [2.24, 2.45) is 5.92 Å². The second kappa shape index (κ2) is 6.36. The van der Waals surface area contributed by atoms with Crippen LogP contribution in [0.1, 0.15) is 51.9 Å². The zero-order valence-electron chi connectivity index (χ0n) is 12.1. The van der Waals surface area contributed by atoms with Crippen molar-refractivity contribution in [2.45, 2.75) is 63.5 Å². The van der Waals surface area contributed by atoms with E-state index >= 15 is 0 Å². The number of nitrogens with one attached hydrogen (secondary N) is 1. The number of likely N-dealkylation sites (tertiary alicyclic amines) is 1. The molecule has 2 aliphatic rings. The first-order chi connectivity index (χ1) is 8.67. The van der Waals surface area contributed by atoms with Gasteiger partial charge in [-0.25, -0.2) is 0 Å². The maximum absolute atomic E-state index is 10.6. The van der Waals surface area contributed by atoms with Gasteiger partial charge >= 0.3 is 0 Å². The monoisotopic (exact) mass is 254 g/mol. The molecular formula is C15H30N2O. The molecule has 0 aromatic rings. The van der Waals surface area contributed by atoms with Gasteiger partial charge in [0.1, 0.15) is 0 Å². The Labute approximate surface area is 112 Å². The topological polar surface area (TPSA) is 35.5 Å². The largest absolute Gasteiger partial charge is 0.389 e. The second-order valence-electron chi connectivity index (χ2n) is 6.37. The van der Waals surface area contributed by atoms with Crippen LogP contribution in [0.5, 0.6) is 0 Å². The van der Waals surface area contributed by atoms with Gasteiger partial charge in [-0.3, -0.25) is 0 Å². The highest BCUT2D eigenvalue weighted by Gasteiger charge is 2.34. The Balaban J connectivity index is 1.86. The molecule has 0 aromatic carbocycles. The molecule has 0 bridgehead atoms. The number of β-amino-alcohol motifs (C(OH)–C–C–N with tert-alkyl or cyclic N) is 1. The Kier molecular flexibility index (Phi) is 5.05. The first kappa shape index (κ1) is 14.3. The van der Waals surface area contributed by atoms with E-state index in [1.165, 1.54) is 32.1 Å². The molecule has 0 aromatic heterocycles. The van der Waals surface area contributed by atoms with Gasteiger partial charge in [0.05, 0.1) is 5.60 Å². The summed E-state index contributed by atoms with van der Waals surface area (Å²) in [7, 11) is 2.08. The molecule has 106 valence electrons. The van der Waals surface area contributed by atoms with Crippen molar-refractivity contribution in [3.05, 3.63) is 0 Å². The van der Waals surface area contributed by atoms with Crippen LogP contribution < -0.4 is 5.32 Å². The molecule has 0 radical (unpaired) electrons. The highest BCUT2D eigenvalue weighted by Crippen LogP contribution is 2.30. The van der Waals surface area contributed by atoms with Gasteiger partial charge in [0.15, 0.2) is 0 Å². The van der Waals surface area contributed by atoms with Crippen molar-refractivity contribution in [3.63, 3.8) is 0 Å². The summed E-state index contributed by atoms with van der Waals surface area (Å²) in [4.78, 5) is 2.51. The van der Waals surface area contributed by atoms with Crippen LogP contribution in [-0.4, -0.2) is 48.3 Å². The Morgan fingerprint density at radius 3 is 2.61 bits per heavy atom. The van der Waals surface area contributed by atoms with Crippen molar-refractivity contribution >= 4 is 0 Å². The SMILES string of the molecule is CCC1CN(CC2(O)CCCCC2)CCC1NC. The first-order valence-corrected chi connectivity index (χ1v) is 7.79. The van der Waals surface area contributed by atoms with Crippen molar-refractivity contribution < 1.29 is 5.11 Å². The minimum atomic E-state index is -0.386. The zero-order valence-corrected chi connectivity index (χ0v) is 12.1. The molecule has 0 amide bonds. The minimum absolute atomic E-state index is 0.386. The molecule has 0 spiro atoms. The maximum atomic E-state index is 10.6. The molecule has 2 unspecified atom stereocenters. The molecule has 1 saturated carbocycles. The first-order valence-electron chi connectivity index (χ1n) is 7.79. The normalized spacial score (nSPS) is 33.5. The van der Waals surface area contributed by atoms with Crippen LogP contribution in [0, 0.1) is 5.92 Å². The predicted molar refractivity (Wildman–Crippen MR) is 75.7 cm³/mol. The average Bonchev–Trinajstić information content (AvgIpc) is 2.39.